The maximum absolute atomic E-state index is 13.6. The van der Waals surface area contributed by atoms with Gasteiger partial charge in [0, 0.05) is 18.2 Å². The van der Waals surface area contributed by atoms with Gasteiger partial charge in [0.25, 0.3) is 0 Å². The number of hydrogen-bond donors (Lipinski definition) is 2. The molecule has 1 atom stereocenters. The molecular formula is C10H13ClFNO2. The highest BCUT2D eigenvalue weighted by atomic mass is 35.5. The Morgan fingerprint density at radius 3 is 2.80 bits per heavy atom. The Kier molecular flexibility index (Phi) is 4.32. The Hall–Kier alpha value is -0.840. The average molecular weight is 234 g/mol. The van der Waals surface area contributed by atoms with Crippen molar-refractivity contribution >= 4 is 11.6 Å². The van der Waals surface area contributed by atoms with Crippen LogP contribution >= 0.6 is 11.6 Å². The number of aliphatic hydroxyl groups is 1. The Morgan fingerprint density at radius 2 is 2.27 bits per heavy atom. The fourth-order valence-corrected chi connectivity index (χ4v) is 1.53. The van der Waals surface area contributed by atoms with Gasteiger partial charge in [0.1, 0.15) is 16.6 Å². The van der Waals surface area contributed by atoms with E-state index in [2.05, 4.69) is 0 Å². The fourth-order valence-electron chi connectivity index (χ4n) is 1.29. The molecule has 1 unspecified atom stereocenters. The van der Waals surface area contributed by atoms with Crippen molar-refractivity contribution in [2.24, 2.45) is 5.73 Å². The number of benzene rings is 1. The molecule has 0 aliphatic rings. The fraction of sp³-hybridized carbons (Fsp3) is 0.400. The summed E-state index contributed by atoms with van der Waals surface area (Å²) in [4.78, 5) is 0. The number of methoxy groups -OCH3 is 1. The maximum Gasteiger partial charge on any atom is 0.150 e. The van der Waals surface area contributed by atoms with E-state index in [-0.39, 0.29) is 22.9 Å². The first kappa shape index (κ1) is 12.2. The molecule has 0 radical (unpaired) electrons. The zero-order valence-corrected chi connectivity index (χ0v) is 9.09. The molecule has 0 fully saturated rings. The minimum absolute atomic E-state index is 0.0802. The van der Waals surface area contributed by atoms with Gasteiger partial charge in [-0.1, -0.05) is 17.7 Å². The van der Waals surface area contributed by atoms with Crippen molar-refractivity contribution in [1.82, 2.24) is 0 Å². The second-order valence-electron chi connectivity index (χ2n) is 3.10. The molecule has 0 aliphatic carbocycles. The van der Waals surface area contributed by atoms with Crippen LogP contribution in [0.4, 0.5) is 4.39 Å². The van der Waals surface area contributed by atoms with E-state index < -0.39 is 11.9 Å². The van der Waals surface area contributed by atoms with Crippen molar-refractivity contribution in [3.63, 3.8) is 0 Å². The van der Waals surface area contributed by atoms with Crippen molar-refractivity contribution in [2.45, 2.75) is 12.5 Å². The largest absolute Gasteiger partial charge is 0.495 e. The van der Waals surface area contributed by atoms with Gasteiger partial charge in [0.05, 0.1) is 7.11 Å². The summed E-state index contributed by atoms with van der Waals surface area (Å²) in [6.07, 6.45) is 0.291. The predicted octanol–water partition coefficient (Wildman–Crippen LogP) is 1.87. The smallest absolute Gasteiger partial charge is 0.150 e. The third-order valence-corrected chi connectivity index (χ3v) is 2.49. The van der Waals surface area contributed by atoms with Gasteiger partial charge in [-0.25, -0.2) is 4.39 Å². The summed E-state index contributed by atoms with van der Waals surface area (Å²) in [5, 5.41) is 8.62. The first-order valence-electron chi connectivity index (χ1n) is 4.50. The summed E-state index contributed by atoms with van der Waals surface area (Å²) >= 11 is 5.72. The van der Waals surface area contributed by atoms with Crippen molar-refractivity contribution in [2.75, 3.05) is 13.7 Å². The van der Waals surface area contributed by atoms with Crippen molar-refractivity contribution in [1.29, 1.82) is 0 Å². The SMILES string of the molecule is COc1ccc(C(N)CCO)c(F)c1Cl. The van der Waals surface area contributed by atoms with E-state index in [1.165, 1.54) is 13.2 Å². The van der Waals surface area contributed by atoms with E-state index in [0.29, 0.717) is 6.42 Å². The maximum atomic E-state index is 13.6. The number of ether oxygens (including phenoxy) is 1. The molecule has 0 aliphatic heterocycles. The third kappa shape index (κ3) is 2.59. The van der Waals surface area contributed by atoms with Crippen LogP contribution in [0.1, 0.15) is 18.0 Å². The van der Waals surface area contributed by atoms with Gasteiger partial charge in [-0.2, -0.15) is 0 Å². The molecule has 0 spiro atoms. The summed E-state index contributed by atoms with van der Waals surface area (Å²) in [6, 6.07) is 2.51. The third-order valence-electron chi connectivity index (χ3n) is 2.14. The Balaban J connectivity index is 3.06. The summed E-state index contributed by atoms with van der Waals surface area (Å²) in [7, 11) is 1.41. The van der Waals surface area contributed by atoms with Gasteiger partial charge in [0.15, 0.2) is 0 Å². The number of halogens is 2. The van der Waals surface area contributed by atoms with Gasteiger partial charge in [-0.05, 0) is 12.5 Å². The Labute approximate surface area is 92.6 Å². The molecule has 5 heteroatoms. The van der Waals surface area contributed by atoms with Crippen LogP contribution in [-0.4, -0.2) is 18.8 Å². The van der Waals surface area contributed by atoms with E-state index in [1.54, 1.807) is 6.07 Å². The van der Waals surface area contributed by atoms with Crippen LogP contribution in [0.25, 0.3) is 0 Å². The molecule has 0 aromatic heterocycles. The van der Waals surface area contributed by atoms with E-state index >= 15 is 0 Å². The molecule has 0 saturated carbocycles. The van der Waals surface area contributed by atoms with Crippen molar-refractivity contribution < 1.29 is 14.2 Å². The minimum Gasteiger partial charge on any atom is -0.495 e. The van der Waals surface area contributed by atoms with Crippen LogP contribution in [-0.2, 0) is 0 Å². The quantitative estimate of drug-likeness (QED) is 0.835. The zero-order chi connectivity index (χ0) is 11.4. The van der Waals surface area contributed by atoms with E-state index in [0.717, 1.165) is 0 Å². The lowest BCUT2D eigenvalue weighted by Crippen LogP contribution is -2.14. The van der Waals surface area contributed by atoms with Crippen LogP contribution in [0.15, 0.2) is 12.1 Å². The highest BCUT2D eigenvalue weighted by Crippen LogP contribution is 2.31. The van der Waals surface area contributed by atoms with Gasteiger partial charge >= 0.3 is 0 Å². The van der Waals surface area contributed by atoms with Crippen LogP contribution in [0, 0.1) is 5.82 Å². The molecule has 0 amide bonds. The average Bonchev–Trinajstić information content (AvgIpc) is 2.22. The second kappa shape index (κ2) is 5.30. The summed E-state index contributed by atoms with van der Waals surface area (Å²) in [5.41, 5.74) is 5.95. The molecule has 0 saturated heterocycles. The standard InChI is InChI=1S/C10H13ClFNO2/c1-15-8-3-2-6(7(13)4-5-14)10(12)9(8)11/h2-3,7,14H,4-5,13H2,1H3. The topological polar surface area (TPSA) is 55.5 Å². The molecule has 1 aromatic rings. The molecule has 15 heavy (non-hydrogen) atoms. The first-order chi connectivity index (χ1) is 7.11. The lowest BCUT2D eigenvalue weighted by molar-refractivity contribution is 0.275. The normalized spacial score (nSPS) is 12.6. The molecule has 3 N–H and O–H groups in total. The van der Waals surface area contributed by atoms with E-state index in [4.69, 9.17) is 27.2 Å². The minimum atomic E-state index is -0.586. The summed E-state index contributed by atoms with van der Waals surface area (Å²) < 4.78 is 18.5. The predicted molar refractivity (Wildman–Crippen MR) is 56.6 cm³/mol. The van der Waals surface area contributed by atoms with Crippen LogP contribution in [0.5, 0.6) is 5.75 Å². The molecule has 0 heterocycles. The zero-order valence-electron chi connectivity index (χ0n) is 8.34. The van der Waals surface area contributed by atoms with Gasteiger partial charge in [-0.3, -0.25) is 0 Å². The molecule has 84 valence electrons. The summed E-state index contributed by atoms with van der Waals surface area (Å²) in [6.45, 7) is -0.0930. The lowest BCUT2D eigenvalue weighted by atomic mass is 10.0. The van der Waals surface area contributed by atoms with E-state index in [9.17, 15) is 4.39 Å². The molecule has 3 nitrogen and oxygen atoms in total. The highest BCUT2D eigenvalue weighted by molar-refractivity contribution is 6.32. The van der Waals surface area contributed by atoms with Gasteiger partial charge in [-0.15, -0.1) is 0 Å². The lowest BCUT2D eigenvalue weighted by Gasteiger charge is -2.13. The van der Waals surface area contributed by atoms with Crippen LogP contribution < -0.4 is 10.5 Å². The van der Waals surface area contributed by atoms with Gasteiger partial charge in [0.2, 0.25) is 0 Å². The number of rotatable bonds is 4. The van der Waals surface area contributed by atoms with Gasteiger partial charge < -0.3 is 15.6 Å². The first-order valence-corrected chi connectivity index (χ1v) is 4.88. The summed E-state index contributed by atoms with van der Waals surface area (Å²) in [5.74, 6) is -0.314. The van der Waals surface area contributed by atoms with E-state index in [1.807, 2.05) is 0 Å². The highest BCUT2D eigenvalue weighted by Gasteiger charge is 2.16. The monoisotopic (exact) mass is 233 g/mol. The molecule has 1 rings (SSSR count). The van der Waals surface area contributed by atoms with Crippen LogP contribution in [0.2, 0.25) is 5.02 Å². The van der Waals surface area contributed by atoms with Crippen molar-refractivity contribution in [3.05, 3.63) is 28.5 Å². The number of hydrogen-bond acceptors (Lipinski definition) is 3. The van der Waals surface area contributed by atoms with Crippen molar-refractivity contribution in [3.8, 4) is 5.75 Å². The second-order valence-corrected chi connectivity index (χ2v) is 3.48. The molecule has 0 bridgehead atoms. The molecule has 1 aromatic carbocycles. The Morgan fingerprint density at radius 1 is 1.60 bits per heavy atom. The van der Waals surface area contributed by atoms with Crippen LogP contribution in [0.3, 0.4) is 0 Å². The number of nitrogens with two attached hydrogens (primary N) is 1. The number of aliphatic hydroxyl groups excluding tert-OH is 1. The Bertz CT molecular complexity index is 346. The molecular weight excluding hydrogens is 221 g/mol.